The number of pyridine rings is 3. The molecule has 1 unspecified atom stereocenters. The smallest absolute Gasteiger partial charge is 0.277 e. The van der Waals surface area contributed by atoms with E-state index >= 15 is 4.39 Å². The fourth-order valence-electron chi connectivity index (χ4n) is 4.14. The van der Waals surface area contributed by atoms with Crippen LogP contribution < -0.4 is 10.3 Å². The second-order valence-electron chi connectivity index (χ2n) is 9.47. The van der Waals surface area contributed by atoms with Crippen LogP contribution in [0.3, 0.4) is 0 Å². The standard InChI is InChI=1S/C28H25ClF3N3O3/c1-14-12-33-21(18-7-6-8-19(25(18)32)28(4,5)37)11-22(14)35-15(2)9-23(24(29)27(35)36)38-16(3)26-20(31)10-17(30)13-34-26/h6-13,16,37H,1-5H3. The summed E-state index contributed by atoms with van der Waals surface area (Å²) in [7, 11) is 0. The van der Waals surface area contributed by atoms with Gasteiger partial charge in [-0.25, -0.2) is 13.2 Å². The molecule has 3 heterocycles. The van der Waals surface area contributed by atoms with Crippen molar-refractivity contribution in [2.45, 2.75) is 46.3 Å². The van der Waals surface area contributed by atoms with E-state index in [1.165, 1.54) is 49.7 Å². The van der Waals surface area contributed by atoms with E-state index in [9.17, 15) is 18.7 Å². The summed E-state index contributed by atoms with van der Waals surface area (Å²) in [6, 6.07) is 8.42. The fraction of sp³-hybridized carbons (Fsp3) is 0.250. The number of aliphatic hydroxyl groups is 1. The van der Waals surface area contributed by atoms with Gasteiger partial charge >= 0.3 is 0 Å². The molecule has 0 spiro atoms. The summed E-state index contributed by atoms with van der Waals surface area (Å²) in [5.41, 5.74) is -0.186. The van der Waals surface area contributed by atoms with E-state index in [0.29, 0.717) is 23.0 Å². The summed E-state index contributed by atoms with van der Waals surface area (Å²) in [5.74, 6) is -2.34. The first-order valence-corrected chi connectivity index (χ1v) is 12.1. The molecule has 0 bridgehead atoms. The molecule has 0 amide bonds. The molecule has 1 aromatic carbocycles. The molecule has 1 N–H and O–H groups in total. The number of rotatable bonds is 6. The van der Waals surface area contributed by atoms with Gasteiger partial charge in [-0.2, -0.15) is 0 Å². The van der Waals surface area contributed by atoms with Gasteiger partial charge in [0.05, 0.1) is 23.2 Å². The van der Waals surface area contributed by atoms with Gasteiger partial charge in [0.25, 0.3) is 5.56 Å². The van der Waals surface area contributed by atoms with Crippen LogP contribution in [0.2, 0.25) is 5.02 Å². The first kappa shape index (κ1) is 27.3. The van der Waals surface area contributed by atoms with Crippen molar-refractivity contribution in [1.82, 2.24) is 14.5 Å². The Morgan fingerprint density at radius 3 is 2.45 bits per heavy atom. The van der Waals surface area contributed by atoms with Crippen LogP contribution in [-0.4, -0.2) is 19.6 Å². The molecule has 0 aliphatic rings. The second-order valence-corrected chi connectivity index (χ2v) is 9.85. The predicted octanol–water partition coefficient (Wildman–Crippen LogP) is 6.35. The van der Waals surface area contributed by atoms with E-state index in [4.69, 9.17) is 16.3 Å². The van der Waals surface area contributed by atoms with Gasteiger partial charge in [-0.3, -0.25) is 19.3 Å². The Balaban J connectivity index is 1.77. The number of aromatic nitrogens is 3. The van der Waals surface area contributed by atoms with Gasteiger partial charge in [0.15, 0.2) is 5.82 Å². The Bertz CT molecular complexity index is 1600. The molecule has 4 aromatic rings. The average Bonchev–Trinajstić information content (AvgIpc) is 2.83. The summed E-state index contributed by atoms with van der Waals surface area (Å²) in [6.07, 6.45) is 1.41. The van der Waals surface area contributed by atoms with Crippen molar-refractivity contribution in [3.8, 4) is 22.7 Å². The summed E-state index contributed by atoms with van der Waals surface area (Å²) < 4.78 is 49.8. The molecule has 0 fully saturated rings. The highest BCUT2D eigenvalue weighted by molar-refractivity contribution is 6.31. The maximum Gasteiger partial charge on any atom is 0.277 e. The monoisotopic (exact) mass is 543 g/mol. The number of ether oxygens (including phenoxy) is 1. The summed E-state index contributed by atoms with van der Waals surface area (Å²) in [4.78, 5) is 21.5. The van der Waals surface area contributed by atoms with Crippen LogP contribution in [0, 0.1) is 31.3 Å². The van der Waals surface area contributed by atoms with Crippen molar-refractivity contribution >= 4 is 11.6 Å². The minimum absolute atomic E-state index is 0.000651. The van der Waals surface area contributed by atoms with Crippen LogP contribution >= 0.6 is 11.6 Å². The Labute approximate surface area is 222 Å². The van der Waals surface area contributed by atoms with Crippen molar-refractivity contribution < 1.29 is 23.0 Å². The fourth-order valence-corrected chi connectivity index (χ4v) is 4.32. The van der Waals surface area contributed by atoms with Crippen molar-refractivity contribution in [3.05, 3.63) is 104 Å². The topological polar surface area (TPSA) is 77.2 Å². The molecule has 0 saturated carbocycles. The average molecular weight is 544 g/mol. The normalized spacial score (nSPS) is 12.5. The van der Waals surface area contributed by atoms with Crippen molar-refractivity contribution in [2.75, 3.05) is 0 Å². The molecule has 38 heavy (non-hydrogen) atoms. The van der Waals surface area contributed by atoms with Gasteiger partial charge in [0.1, 0.15) is 34.2 Å². The minimum atomic E-state index is -1.41. The van der Waals surface area contributed by atoms with Gasteiger partial charge in [0.2, 0.25) is 0 Å². The number of halogens is 4. The third-order valence-corrected chi connectivity index (χ3v) is 6.42. The molecule has 3 aromatic heterocycles. The molecule has 198 valence electrons. The Morgan fingerprint density at radius 1 is 1.08 bits per heavy atom. The molecule has 4 rings (SSSR count). The van der Waals surface area contributed by atoms with E-state index in [-0.39, 0.29) is 33.3 Å². The van der Waals surface area contributed by atoms with Crippen molar-refractivity contribution in [1.29, 1.82) is 0 Å². The zero-order chi connectivity index (χ0) is 27.9. The highest BCUT2D eigenvalue weighted by Gasteiger charge is 2.24. The first-order valence-electron chi connectivity index (χ1n) is 11.7. The summed E-state index contributed by atoms with van der Waals surface area (Å²) in [6.45, 7) is 7.86. The van der Waals surface area contributed by atoms with Gasteiger partial charge < -0.3 is 9.84 Å². The van der Waals surface area contributed by atoms with Crippen molar-refractivity contribution in [3.63, 3.8) is 0 Å². The molecule has 1 atom stereocenters. The van der Waals surface area contributed by atoms with Crippen molar-refractivity contribution in [2.24, 2.45) is 0 Å². The number of hydrogen-bond donors (Lipinski definition) is 1. The molecule has 0 radical (unpaired) electrons. The highest BCUT2D eigenvalue weighted by Crippen LogP contribution is 2.33. The quantitative estimate of drug-likeness (QED) is 0.307. The lowest BCUT2D eigenvalue weighted by Crippen LogP contribution is -2.23. The van der Waals surface area contributed by atoms with E-state index in [0.717, 1.165) is 6.20 Å². The number of hydrogen-bond acceptors (Lipinski definition) is 5. The third kappa shape index (κ3) is 5.16. The predicted molar refractivity (Wildman–Crippen MR) is 138 cm³/mol. The molecule has 0 aliphatic carbocycles. The number of benzene rings is 1. The van der Waals surface area contributed by atoms with E-state index in [1.807, 2.05) is 0 Å². The molecule has 10 heteroatoms. The second kappa shape index (κ2) is 10.2. The largest absolute Gasteiger partial charge is 0.482 e. The minimum Gasteiger partial charge on any atom is -0.482 e. The molecular formula is C28H25ClF3N3O3. The van der Waals surface area contributed by atoms with Gasteiger partial charge in [-0.05, 0) is 52.3 Å². The Kier molecular flexibility index (Phi) is 7.36. The SMILES string of the molecule is Cc1cnc(-c2cccc(C(C)(C)O)c2F)cc1-n1c(C)cc(OC(C)c2ncc(F)cc2F)c(Cl)c1=O. The zero-order valence-corrected chi connectivity index (χ0v) is 22.1. The molecular weight excluding hydrogens is 519 g/mol. The number of aryl methyl sites for hydroxylation is 2. The van der Waals surface area contributed by atoms with Crippen LogP contribution in [0.5, 0.6) is 5.75 Å². The first-order chi connectivity index (χ1) is 17.8. The lowest BCUT2D eigenvalue weighted by molar-refractivity contribution is 0.0746. The molecule has 0 saturated heterocycles. The number of nitrogens with zero attached hydrogens (tertiary/aromatic N) is 3. The van der Waals surface area contributed by atoms with Gasteiger partial charge in [-0.15, -0.1) is 0 Å². The summed E-state index contributed by atoms with van der Waals surface area (Å²) in [5, 5.41) is 10.1. The summed E-state index contributed by atoms with van der Waals surface area (Å²) >= 11 is 6.39. The van der Waals surface area contributed by atoms with Gasteiger partial charge in [-0.1, -0.05) is 23.7 Å². The maximum absolute atomic E-state index is 15.3. The Hall–Kier alpha value is -3.69. The van der Waals surface area contributed by atoms with E-state index < -0.39 is 34.7 Å². The lowest BCUT2D eigenvalue weighted by atomic mass is 9.94. The van der Waals surface area contributed by atoms with Crippen LogP contribution in [-0.2, 0) is 5.60 Å². The lowest BCUT2D eigenvalue weighted by Gasteiger charge is -2.21. The third-order valence-electron chi connectivity index (χ3n) is 6.07. The molecule has 6 nitrogen and oxygen atoms in total. The van der Waals surface area contributed by atoms with E-state index in [2.05, 4.69) is 9.97 Å². The van der Waals surface area contributed by atoms with E-state index in [1.54, 1.807) is 26.0 Å². The van der Waals surface area contributed by atoms with Crippen LogP contribution in [0.4, 0.5) is 13.2 Å². The molecule has 0 aliphatic heterocycles. The highest BCUT2D eigenvalue weighted by atomic mass is 35.5. The van der Waals surface area contributed by atoms with Gasteiger partial charge in [0, 0.05) is 35.2 Å². The maximum atomic E-state index is 15.3. The van der Waals surface area contributed by atoms with Crippen LogP contribution in [0.1, 0.15) is 49.4 Å². The Morgan fingerprint density at radius 2 is 1.79 bits per heavy atom. The van der Waals surface area contributed by atoms with Crippen LogP contribution in [0.15, 0.2) is 53.6 Å². The van der Waals surface area contributed by atoms with Crippen LogP contribution in [0.25, 0.3) is 16.9 Å². The zero-order valence-electron chi connectivity index (χ0n) is 21.3.